The molecule has 2 nitrogen and oxygen atoms in total. The topological polar surface area (TPSA) is 39.2 Å². The van der Waals surface area contributed by atoms with Crippen LogP contribution in [0.15, 0.2) is 16.9 Å². The predicted octanol–water partition coefficient (Wildman–Crippen LogP) is 2.63. The van der Waals surface area contributed by atoms with E-state index in [0.717, 1.165) is 11.1 Å². The number of halogens is 2. The molecule has 0 bridgehead atoms. The molecule has 1 aromatic heterocycles. The maximum atomic E-state index is 12.6. The maximum absolute atomic E-state index is 12.6. The van der Waals surface area contributed by atoms with Crippen LogP contribution in [0.5, 0.6) is 0 Å². The third-order valence-electron chi connectivity index (χ3n) is 2.88. The van der Waals surface area contributed by atoms with Crippen molar-refractivity contribution in [1.29, 1.82) is 0 Å². The lowest BCUT2D eigenvalue weighted by Crippen LogP contribution is -2.41. The molecule has 1 aliphatic rings. The summed E-state index contributed by atoms with van der Waals surface area (Å²) in [6, 6.07) is -0.312. The second-order valence-electron chi connectivity index (χ2n) is 4.06. The van der Waals surface area contributed by atoms with Gasteiger partial charge in [-0.2, -0.15) is 0 Å². The molecule has 78 valence electrons. The maximum Gasteiger partial charge on any atom is 0.248 e. The Morgan fingerprint density at radius 3 is 2.57 bits per heavy atom. The summed E-state index contributed by atoms with van der Waals surface area (Å²) in [6.07, 6.45) is 2.94. The Morgan fingerprint density at radius 2 is 2.14 bits per heavy atom. The van der Waals surface area contributed by atoms with E-state index in [2.05, 4.69) is 0 Å². The Kier molecular flexibility index (Phi) is 2.10. The van der Waals surface area contributed by atoms with E-state index < -0.39 is 5.92 Å². The lowest BCUT2D eigenvalue weighted by Gasteiger charge is -2.38. The summed E-state index contributed by atoms with van der Waals surface area (Å²) in [6.45, 7) is 1.87. The summed E-state index contributed by atoms with van der Waals surface area (Å²) in [4.78, 5) is 0. The summed E-state index contributed by atoms with van der Waals surface area (Å²) in [5.74, 6) is -2.61. The second-order valence-corrected chi connectivity index (χ2v) is 4.06. The molecular formula is C10H13F2NO. The highest BCUT2D eigenvalue weighted by Crippen LogP contribution is 2.47. The summed E-state index contributed by atoms with van der Waals surface area (Å²) in [7, 11) is 0. The van der Waals surface area contributed by atoms with Gasteiger partial charge in [-0.1, -0.05) is 0 Å². The minimum absolute atomic E-state index is 0.0984. The van der Waals surface area contributed by atoms with Crippen LogP contribution in [0, 0.1) is 12.8 Å². The summed E-state index contributed by atoms with van der Waals surface area (Å²) in [5.41, 5.74) is 7.66. The van der Waals surface area contributed by atoms with Crippen LogP contribution in [0.1, 0.15) is 30.0 Å². The normalized spacial score (nSPS) is 23.1. The van der Waals surface area contributed by atoms with Gasteiger partial charge in [-0.25, -0.2) is 8.78 Å². The monoisotopic (exact) mass is 201 g/mol. The molecule has 2 N–H and O–H groups in total. The first kappa shape index (κ1) is 9.65. The third-order valence-corrected chi connectivity index (χ3v) is 2.88. The standard InChI is InChI=1S/C10H13F2NO/c1-6-4-14-5-8(6)9(13)7-2-10(11,12)3-7/h4-5,7,9H,2-3,13H2,1H3. The van der Waals surface area contributed by atoms with E-state index in [1.807, 2.05) is 6.92 Å². The van der Waals surface area contributed by atoms with Crippen molar-refractivity contribution in [2.75, 3.05) is 0 Å². The number of hydrogen-bond donors (Lipinski definition) is 1. The van der Waals surface area contributed by atoms with Crippen LogP contribution in [-0.2, 0) is 0 Å². The van der Waals surface area contributed by atoms with Gasteiger partial charge in [0.15, 0.2) is 0 Å². The molecule has 2 rings (SSSR count). The molecular weight excluding hydrogens is 188 g/mol. The molecule has 1 atom stereocenters. The SMILES string of the molecule is Cc1cocc1C(N)C1CC(F)(F)C1. The van der Waals surface area contributed by atoms with Crippen LogP contribution in [0.4, 0.5) is 8.78 Å². The van der Waals surface area contributed by atoms with Gasteiger partial charge in [0.1, 0.15) is 0 Å². The van der Waals surface area contributed by atoms with Gasteiger partial charge in [0.25, 0.3) is 0 Å². The lowest BCUT2D eigenvalue weighted by atomic mass is 9.74. The Balaban J connectivity index is 2.04. The van der Waals surface area contributed by atoms with Crippen molar-refractivity contribution in [1.82, 2.24) is 0 Å². The fourth-order valence-electron chi connectivity index (χ4n) is 1.93. The average Bonchev–Trinajstić information content (AvgIpc) is 2.45. The largest absolute Gasteiger partial charge is 0.472 e. The van der Waals surface area contributed by atoms with E-state index in [4.69, 9.17) is 10.2 Å². The zero-order chi connectivity index (χ0) is 10.3. The Hall–Kier alpha value is -0.900. The van der Waals surface area contributed by atoms with Crippen molar-refractivity contribution in [2.45, 2.75) is 31.7 Å². The molecule has 0 amide bonds. The smallest absolute Gasteiger partial charge is 0.248 e. The van der Waals surface area contributed by atoms with E-state index in [-0.39, 0.29) is 24.8 Å². The van der Waals surface area contributed by atoms with Crippen LogP contribution in [0.2, 0.25) is 0 Å². The van der Waals surface area contributed by atoms with E-state index in [1.165, 1.54) is 0 Å². The first-order valence-corrected chi connectivity index (χ1v) is 4.66. The second kappa shape index (κ2) is 3.05. The molecule has 1 aliphatic carbocycles. The van der Waals surface area contributed by atoms with E-state index in [9.17, 15) is 8.78 Å². The Labute approximate surface area is 81.1 Å². The molecule has 14 heavy (non-hydrogen) atoms. The van der Waals surface area contributed by atoms with Gasteiger partial charge in [0.2, 0.25) is 5.92 Å². The van der Waals surface area contributed by atoms with Gasteiger partial charge in [0, 0.05) is 24.4 Å². The van der Waals surface area contributed by atoms with Crippen molar-refractivity contribution >= 4 is 0 Å². The summed E-state index contributed by atoms with van der Waals surface area (Å²) >= 11 is 0. The van der Waals surface area contributed by atoms with Gasteiger partial charge in [-0.3, -0.25) is 0 Å². The Bertz CT molecular complexity index is 327. The molecule has 1 aromatic rings. The number of alkyl halides is 2. The van der Waals surface area contributed by atoms with Crippen molar-refractivity contribution in [3.05, 3.63) is 23.7 Å². The molecule has 0 aliphatic heterocycles. The molecule has 1 unspecified atom stereocenters. The van der Waals surface area contributed by atoms with Gasteiger partial charge in [0.05, 0.1) is 12.5 Å². The summed E-state index contributed by atoms with van der Waals surface area (Å²) < 4.78 is 30.2. The summed E-state index contributed by atoms with van der Waals surface area (Å²) in [5, 5.41) is 0. The van der Waals surface area contributed by atoms with Crippen LogP contribution in [0.25, 0.3) is 0 Å². The predicted molar refractivity (Wildman–Crippen MR) is 48.0 cm³/mol. The van der Waals surface area contributed by atoms with Crippen LogP contribution in [0.3, 0.4) is 0 Å². The number of aryl methyl sites for hydroxylation is 1. The molecule has 0 aromatic carbocycles. The highest BCUT2D eigenvalue weighted by molar-refractivity contribution is 5.24. The fourth-order valence-corrected chi connectivity index (χ4v) is 1.93. The lowest BCUT2D eigenvalue weighted by molar-refractivity contribution is -0.116. The van der Waals surface area contributed by atoms with Gasteiger partial charge in [-0.15, -0.1) is 0 Å². The minimum Gasteiger partial charge on any atom is -0.472 e. The van der Waals surface area contributed by atoms with Gasteiger partial charge >= 0.3 is 0 Å². The van der Waals surface area contributed by atoms with Gasteiger partial charge in [-0.05, 0) is 18.4 Å². The minimum atomic E-state index is -2.50. The van der Waals surface area contributed by atoms with E-state index in [0.29, 0.717) is 0 Å². The molecule has 0 spiro atoms. The van der Waals surface area contributed by atoms with Crippen LogP contribution < -0.4 is 5.73 Å². The number of nitrogens with two attached hydrogens (primary N) is 1. The third kappa shape index (κ3) is 1.54. The van der Waals surface area contributed by atoms with E-state index >= 15 is 0 Å². The molecule has 1 saturated carbocycles. The average molecular weight is 201 g/mol. The molecule has 1 fully saturated rings. The molecule has 4 heteroatoms. The molecule has 0 radical (unpaired) electrons. The number of furan rings is 1. The first-order chi connectivity index (χ1) is 6.49. The number of rotatable bonds is 2. The van der Waals surface area contributed by atoms with Crippen molar-refractivity contribution in [2.24, 2.45) is 11.7 Å². The first-order valence-electron chi connectivity index (χ1n) is 4.66. The zero-order valence-corrected chi connectivity index (χ0v) is 7.97. The van der Waals surface area contributed by atoms with Crippen molar-refractivity contribution in [3.63, 3.8) is 0 Å². The Morgan fingerprint density at radius 1 is 1.50 bits per heavy atom. The molecule has 1 heterocycles. The quantitative estimate of drug-likeness (QED) is 0.798. The van der Waals surface area contributed by atoms with Crippen molar-refractivity contribution in [3.8, 4) is 0 Å². The highest BCUT2D eigenvalue weighted by atomic mass is 19.3. The van der Waals surface area contributed by atoms with Crippen molar-refractivity contribution < 1.29 is 13.2 Å². The highest BCUT2D eigenvalue weighted by Gasteiger charge is 2.48. The molecule has 0 saturated heterocycles. The number of hydrogen-bond acceptors (Lipinski definition) is 2. The van der Waals surface area contributed by atoms with Gasteiger partial charge < -0.3 is 10.2 Å². The van der Waals surface area contributed by atoms with Crippen LogP contribution >= 0.6 is 0 Å². The van der Waals surface area contributed by atoms with E-state index in [1.54, 1.807) is 12.5 Å². The zero-order valence-electron chi connectivity index (χ0n) is 7.97. The van der Waals surface area contributed by atoms with Crippen LogP contribution in [-0.4, -0.2) is 5.92 Å². The fraction of sp³-hybridized carbons (Fsp3) is 0.600.